The zero-order chi connectivity index (χ0) is 45.0. The summed E-state index contributed by atoms with van der Waals surface area (Å²) in [5, 5.41) is 60.4. The fourth-order valence-electron chi connectivity index (χ4n) is 5.36. The summed E-state index contributed by atoms with van der Waals surface area (Å²) in [4.78, 5) is 47.8. The number of carbonyl (C=O) groups excluding carboxylic acids is 3. The number of aliphatic hydroxyl groups is 3. The number of nitrogens with one attached hydrogen (secondary N) is 4. The van der Waals surface area contributed by atoms with Crippen LogP contribution in [-0.4, -0.2) is 158 Å². The Kier molecular flexibility index (Phi) is 26.1. The zero-order valence-electron chi connectivity index (χ0n) is 36.0. The van der Waals surface area contributed by atoms with Gasteiger partial charge in [-0.25, -0.2) is 9.48 Å². The number of hydrogen-bond donors (Lipinski definition) is 7. The average Bonchev–Trinajstić information content (AvgIpc) is 3.67. The number of hydrogen-bond acceptors (Lipinski definition) is 17. The lowest BCUT2D eigenvalue weighted by atomic mass is 10.1. The van der Waals surface area contributed by atoms with Crippen molar-refractivity contribution >= 4 is 23.6 Å². The van der Waals surface area contributed by atoms with Crippen molar-refractivity contribution in [3.8, 4) is 11.5 Å². The molecule has 2 rings (SSSR count). The second-order valence-corrected chi connectivity index (χ2v) is 14.5. The molecule has 0 aliphatic heterocycles. The highest BCUT2D eigenvalue weighted by Crippen LogP contribution is 2.38. The number of nitro groups is 1. The van der Waals surface area contributed by atoms with Crippen molar-refractivity contribution in [3.63, 3.8) is 0 Å². The molecule has 1 aromatic carbocycles. The molecule has 4 atom stereocenters. The third-order valence-electron chi connectivity index (χ3n) is 8.63. The van der Waals surface area contributed by atoms with E-state index in [4.69, 9.17) is 28.4 Å². The van der Waals surface area contributed by atoms with Crippen LogP contribution in [0.1, 0.15) is 70.7 Å². The standard InChI is InChI=1S/C39H66N8O14/c1-27(2)38(52)42-11-7-6-9-30-24-46(45-44-30)13-16-57-15-12-41-37(51)10-8-14-60-36-20-34(47(54)55)33(19-35(36)56-5)29(4)61-39(53)43-23-32(50)26-59-18-17-58-25-31(49)22-40-21-28(3)48/h19-20,24,27-29,31-32,40,48-50H,6-18,21-23,25-26H2,1-5H3,(H,41,51)(H,42,52)(H,43,53). The molecule has 0 radical (unpaired) electrons. The monoisotopic (exact) mass is 870 g/mol. The van der Waals surface area contributed by atoms with Crippen LogP contribution in [0.2, 0.25) is 0 Å². The van der Waals surface area contributed by atoms with Crippen molar-refractivity contribution in [2.45, 2.75) is 90.8 Å². The van der Waals surface area contributed by atoms with Gasteiger partial charge in [0.05, 0.1) is 100 Å². The van der Waals surface area contributed by atoms with E-state index in [1.807, 2.05) is 20.0 Å². The van der Waals surface area contributed by atoms with Gasteiger partial charge in [0.15, 0.2) is 11.5 Å². The largest absolute Gasteiger partial charge is 0.493 e. The van der Waals surface area contributed by atoms with Crippen LogP contribution < -0.4 is 30.7 Å². The summed E-state index contributed by atoms with van der Waals surface area (Å²) in [5.41, 5.74) is 0.535. The molecular weight excluding hydrogens is 804 g/mol. The summed E-state index contributed by atoms with van der Waals surface area (Å²) in [6, 6.07) is 2.51. The van der Waals surface area contributed by atoms with E-state index in [1.54, 1.807) is 11.6 Å². The first-order valence-electron chi connectivity index (χ1n) is 20.5. The van der Waals surface area contributed by atoms with E-state index in [-0.39, 0.29) is 93.0 Å². The normalized spacial score (nSPS) is 13.3. The predicted octanol–water partition coefficient (Wildman–Crippen LogP) is 0.794. The molecule has 0 saturated carbocycles. The highest BCUT2D eigenvalue weighted by atomic mass is 16.6. The van der Waals surface area contributed by atoms with Gasteiger partial charge in [0.25, 0.3) is 5.69 Å². The Labute approximate surface area is 356 Å². The molecule has 3 amide bonds. The van der Waals surface area contributed by atoms with Crippen LogP contribution in [0.25, 0.3) is 0 Å². The zero-order valence-corrected chi connectivity index (χ0v) is 36.0. The van der Waals surface area contributed by atoms with Gasteiger partial charge in [-0.05, 0) is 45.6 Å². The van der Waals surface area contributed by atoms with Crippen molar-refractivity contribution in [1.82, 2.24) is 36.3 Å². The summed E-state index contributed by atoms with van der Waals surface area (Å²) in [6.07, 6.45) is 0.436. The molecule has 1 aromatic heterocycles. The van der Waals surface area contributed by atoms with Gasteiger partial charge in [-0.2, -0.15) is 0 Å². The number of methoxy groups -OCH3 is 1. The van der Waals surface area contributed by atoms with Crippen LogP contribution in [0.3, 0.4) is 0 Å². The molecule has 7 N–H and O–H groups in total. The Morgan fingerprint density at radius 2 is 1.56 bits per heavy atom. The lowest BCUT2D eigenvalue weighted by Gasteiger charge is -2.18. The Morgan fingerprint density at radius 3 is 2.23 bits per heavy atom. The van der Waals surface area contributed by atoms with Gasteiger partial charge in [-0.1, -0.05) is 19.1 Å². The molecule has 22 nitrogen and oxygen atoms in total. The van der Waals surface area contributed by atoms with E-state index in [1.165, 1.54) is 26.2 Å². The fourth-order valence-corrected chi connectivity index (χ4v) is 5.36. The topological polar surface area (TPSA) is 289 Å². The number of aromatic nitrogens is 3. The van der Waals surface area contributed by atoms with E-state index in [0.29, 0.717) is 45.8 Å². The molecule has 0 bridgehead atoms. The van der Waals surface area contributed by atoms with Crippen LogP contribution in [-0.2, 0) is 41.5 Å². The van der Waals surface area contributed by atoms with Gasteiger partial charge >= 0.3 is 6.09 Å². The smallest absolute Gasteiger partial charge is 0.407 e. The van der Waals surface area contributed by atoms with E-state index in [2.05, 4.69) is 31.6 Å². The molecule has 0 aliphatic rings. The molecule has 0 spiro atoms. The first-order valence-corrected chi connectivity index (χ1v) is 20.5. The van der Waals surface area contributed by atoms with E-state index < -0.39 is 35.4 Å². The van der Waals surface area contributed by atoms with Crippen molar-refractivity contribution < 1.29 is 63.0 Å². The summed E-state index contributed by atoms with van der Waals surface area (Å²) < 4.78 is 34.4. The molecule has 0 fully saturated rings. The van der Waals surface area contributed by atoms with E-state index in [9.17, 15) is 39.8 Å². The molecule has 0 saturated heterocycles. The number of alkyl carbamates (subject to hydrolysis) is 1. The number of rotatable bonds is 34. The molecule has 22 heteroatoms. The van der Waals surface area contributed by atoms with Gasteiger partial charge in [-0.3, -0.25) is 19.7 Å². The first kappa shape index (κ1) is 52.4. The Morgan fingerprint density at radius 1 is 0.836 bits per heavy atom. The first-order chi connectivity index (χ1) is 29.2. The maximum Gasteiger partial charge on any atom is 0.407 e. The lowest BCUT2D eigenvalue weighted by Crippen LogP contribution is -2.36. The second kappa shape index (κ2) is 30.3. The highest BCUT2D eigenvalue weighted by molar-refractivity contribution is 5.77. The van der Waals surface area contributed by atoms with Crippen molar-refractivity contribution in [2.75, 3.05) is 86.1 Å². The minimum atomic E-state index is -1.09. The molecule has 1 heterocycles. The number of carbonyl (C=O) groups is 3. The van der Waals surface area contributed by atoms with Crippen LogP contribution >= 0.6 is 0 Å². The summed E-state index contributed by atoms with van der Waals surface area (Å²) in [6.45, 7) is 9.61. The van der Waals surface area contributed by atoms with Gasteiger partial charge in [-0.15, -0.1) is 5.10 Å². The third kappa shape index (κ3) is 23.2. The minimum Gasteiger partial charge on any atom is -0.493 e. The van der Waals surface area contributed by atoms with Crippen LogP contribution in [0.5, 0.6) is 11.5 Å². The predicted molar refractivity (Wildman–Crippen MR) is 220 cm³/mol. The van der Waals surface area contributed by atoms with Crippen molar-refractivity contribution in [1.29, 1.82) is 0 Å². The number of nitro benzene ring substituents is 1. The van der Waals surface area contributed by atoms with Gasteiger partial charge in [0, 0.05) is 51.3 Å². The Bertz CT molecular complexity index is 1580. The maximum absolute atomic E-state index is 12.5. The molecule has 2 aromatic rings. The third-order valence-corrected chi connectivity index (χ3v) is 8.63. The van der Waals surface area contributed by atoms with Crippen LogP contribution in [0, 0.1) is 16.0 Å². The van der Waals surface area contributed by atoms with E-state index >= 15 is 0 Å². The molecule has 4 unspecified atom stereocenters. The number of benzene rings is 1. The number of aliphatic hydroxyl groups excluding tert-OH is 3. The van der Waals surface area contributed by atoms with Crippen LogP contribution in [0.15, 0.2) is 18.3 Å². The number of ether oxygens (including phenoxy) is 6. The lowest BCUT2D eigenvalue weighted by molar-refractivity contribution is -0.386. The Hall–Kier alpha value is -4.71. The SMILES string of the molecule is COc1cc(C(C)OC(=O)NCC(O)COCCOCC(O)CNCC(C)O)c([N+](=O)[O-])cc1OCCCC(=O)NCCOCCn1cc(CCCCNC(=O)C(C)C)nn1. The molecular formula is C39H66N8O14. The van der Waals surface area contributed by atoms with Crippen molar-refractivity contribution in [2.24, 2.45) is 5.92 Å². The number of amides is 3. The number of nitrogens with zero attached hydrogens (tertiary/aromatic N) is 4. The summed E-state index contributed by atoms with van der Waals surface area (Å²) in [5.74, 6) is 0.0346. The quantitative estimate of drug-likeness (QED) is 0.0291. The van der Waals surface area contributed by atoms with Gasteiger partial charge < -0.3 is 65.0 Å². The van der Waals surface area contributed by atoms with Gasteiger partial charge in [0.2, 0.25) is 11.8 Å². The average molecular weight is 871 g/mol. The van der Waals surface area contributed by atoms with E-state index in [0.717, 1.165) is 25.0 Å². The van der Waals surface area contributed by atoms with Gasteiger partial charge in [0.1, 0.15) is 6.10 Å². The number of unbranched alkanes of at least 4 members (excludes halogenated alkanes) is 1. The van der Waals surface area contributed by atoms with Crippen molar-refractivity contribution in [3.05, 3.63) is 39.7 Å². The molecule has 0 aliphatic carbocycles. The molecule has 61 heavy (non-hydrogen) atoms. The second-order valence-electron chi connectivity index (χ2n) is 14.5. The Balaban J connectivity index is 1.64. The highest BCUT2D eigenvalue weighted by Gasteiger charge is 2.26. The summed E-state index contributed by atoms with van der Waals surface area (Å²) in [7, 11) is 1.35. The summed E-state index contributed by atoms with van der Waals surface area (Å²) >= 11 is 0. The fraction of sp³-hybridized carbons (Fsp3) is 0.718. The van der Waals surface area contributed by atoms with Crippen LogP contribution in [0.4, 0.5) is 10.5 Å². The molecule has 346 valence electrons. The minimum absolute atomic E-state index is 0.0273. The number of aryl methyl sites for hydroxylation is 1. The maximum atomic E-state index is 12.5.